The molecule has 0 fully saturated rings. The average Bonchev–Trinajstić information content (AvgIpc) is 2.41. The second-order valence-electron chi connectivity index (χ2n) is 5.64. The highest BCUT2D eigenvalue weighted by atomic mass is 16.6. The lowest BCUT2D eigenvalue weighted by Crippen LogP contribution is -2.33. The zero-order valence-corrected chi connectivity index (χ0v) is 12.8. The summed E-state index contributed by atoms with van der Waals surface area (Å²) in [6.45, 7) is 6.51. The zero-order valence-electron chi connectivity index (χ0n) is 12.8. The van der Waals surface area contributed by atoms with Crippen molar-refractivity contribution in [2.75, 3.05) is 13.2 Å². The molecule has 0 aliphatic carbocycles. The summed E-state index contributed by atoms with van der Waals surface area (Å²) in [6, 6.07) is 7.10. The summed E-state index contributed by atoms with van der Waals surface area (Å²) in [5, 5.41) is 2.69. The molecule has 0 bridgehead atoms. The fraction of sp³-hybridized carbons (Fsp3) is 0.500. The number of para-hydroxylation sites is 1. The van der Waals surface area contributed by atoms with Crippen LogP contribution in [0.15, 0.2) is 24.3 Å². The van der Waals surface area contributed by atoms with E-state index >= 15 is 0 Å². The number of hydrogen-bond acceptors (Lipinski definition) is 4. The van der Waals surface area contributed by atoms with Gasteiger partial charge in [-0.1, -0.05) is 12.1 Å². The summed E-state index contributed by atoms with van der Waals surface area (Å²) in [5.74, 6) is 0.590. The van der Waals surface area contributed by atoms with Crippen molar-refractivity contribution in [3.05, 3.63) is 29.8 Å². The zero-order chi connectivity index (χ0) is 15.7. The Bertz CT molecular complexity index is 466. The predicted octanol–water partition coefficient (Wildman–Crippen LogP) is 3.18. The van der Waals surface area contributed by atoms with Crippen molar-refractivity contribution < 1.29 is 19.1 Å². The summed E-state index contributed by atoms with van der Waals surface area (Å²) in [5.41, 5.74) is 0.0653. The van der Waals surface area contributed by atoms with Crippen molar-refractivity contribution in [2.24, 2.45) is 0 Å². The van der Waals surface area contributed by atoms with Crippen LogP contribution >= 0.6 is 0 Å². The summed E-state index contributed by atoms with van der Waals surface area (Å²) in [4.78, 5) is 22.2. The minimum absolute atomic E-state index is 0.408. The minimum atomic E-state index is -0.480. The first kappa shape index (κ1) is 17.0. The normalized spacial score (nSPS) is 10.8. The number of hydrogen-bond donors (Lipinski definition) is 1. The molecule has 0 heterocycles. The number of ether oxygens (including phenoxy) is 2. The Hall–Kier alpha value is -2.04. The smallest absolute Gasteiger partial charge is 0.407 e. The van der Waals surface area contributed by atoms with Crippen LogP contribution in [0.4, 0.5) is 4.79 Å². The molecule has 0 radical (unpaired) electrons. The molecule has 0 aliphatic heterocycles. The van der Waals surface area contributed by atoms with Crippen LogP contribution in [0.2, 0.25) is 0 Å². The van der Waals surface area contributed by atoms with E-state index < -0.39 is 11.7 Å². The summed E-state index contributed by atoms with van der Waals surface area (Å²) < 4.78 is 10.7. The van der Waals surface area contributed by atoms with Gasteiger partial charge in [0.05, 0.1) is 12.2 Å². The summed E-state index contributed by atoms with van der Waals surface area (Å²) in [7, 11) is 0. The van der Waals surface area contributed by atoms with Crippen molar-refractivity contribution in [3.63, 3.8) is 0 Å². The summed E-state index contributed by atoms with van der Waals surface area (Å²) in [6.07, 6.45) is 1.93. The molecule has 1 amide bonds. The molecule has 1 aromatic rings. The maximum absolute atomic E-state index is 11.4. The predicted molar refractivity (Wildman–Crippen MR) is 80.8 cm³/mol. The molecule has 0 saturated heterocycles. The number of aldehydes is 1. The number of amides is 1. The van der Waals surface area contributed by atoms with Gasteiger partial charge < -0.3 is 14.8 Å². The van der Waals surface area contributed by atoms with E-state index in [-0.39, 0.29) is 0 Å². The first-order valence-corrected chi connectivity index (χ1v) is 7.06. The Morgan fingerprint density at radius 3 is 2.62 bits per heavy atom. The molecule has 5 nitrogen and oxygen atoms in total. The number of unbranched alkanes of at least 4 members (excludes halogenated alkanes) is 1. The Morgan fingerprint density at radius 1 is 1.24 bits per heavy atom. The van der Waals surface area contributed by atoms with Crippen LogP contribution < -0.4 is 10.1 Å². The van der Waals surface area contributed by atoms with Gasteiger partial charge in [0.25, 0.3) is 0 Å². The van der Waals surface area contributed by atoms with Crippen molar-refractivity contribution >= 4 is 12.4 Å². The molecule has 0 unspecified atom stereocenters. The van der Waals surface area contributed by atoms with E-state index in [1.807, 2.05) is 26.8 Å². The lowest BCUT2D eigenvalue weighted by molar-refractivity contribution is 0.0526. The fourth-order valence-electron chi connectivity index (χ4n) is 1.62. The van der Waals surface area contributed by atoms with Crippen LogP contribution in [0, 0.1) is 0 Å². The van der Waals surface area contributed by atoms with Gasteiger partial charge in [-0.2, -0.15) is 0 Å². The van der Waals surface area contributed by atoms with Crippen molar-refractivity contribution in [1.29, 1.82) is 0 Å². The number of carbonyl (C=O) groups is 2. The largest absolute Gasteiger partial charge is 0.493 e. The molecular weight excluding hydrogens is 270 g/mol. The number of benzene rings is 1. The highest BCUT2D eigenvalue weighted by molar-refractivity contribution is 5.79. The molecule has 0 aliphatic rings. The van der Waals surface area contributed by atoms with Crippen molar-refractivity contribution in [2.45, 2.75) is 39.2 Å². The summed E-state index contributed by atoms with van der Waals surface area (Å²) >= 11 is 0. The molecule has 5 heteroatoms. The lowest BCUT2D eigenvalue weighted by atomic mass is 10.2. The van der Waals surface area contributed by atoms with Crippen LogP contribution in [-0.2, 0) is 4.74 Å². The molecule has 1 N–H and O–H groups in total. The Balaban J connectivity index is 2.15. The van der Waals surface area contributed by atoms with Gasteiger partial charge in [0.2, 0.25) is 0 Å². The standard InChI is InChI=1S/C16H23NO4/c1-16(2,3)21-15(19)17-10-6-7-11-20-14-9-5-4-8-13(14)12-18/h4-5,8-9,12H,6-7,10-11H2,1-3H3,(H,17,19). The van der Waals surface area contributed by atoms with E-state index in [0.29, 0.717) is 24.5 Å². The van der Waals surface area contributed by atoms with Gasteiger partial charge in [-0.25, -0.2) is 4.79 Å². The number of rotatable bonds is 7. The molecule has 1 rings (SSSR count). The Morgan fingerprint density at radius 2 is 1.95 bits per heavy atom. The number of alkyl carbamates (subject to hydrolysis) is 1. The van der Waals surface area contributed by atoms with E-state index in [4.69, 9.17) is 9.47 Å². The van der Waals surface area contributed by atoms with Crippen molar-refractivity contribution in [3.8, 4) is 5.75 Å². The van der Waals surface area contributed by atoms with Crippen LogP contribution in [0.3, 0.4) is 0 Å². The first-order chi connectivity index (χ1) is 9.92. The monoisotopic (exact) mass is 293 g/mol. The molecule has 1 aromatic carbocycles. The van der Waals surface area contributed by atoms with Gasteiger partial charge >= 0.3 is 6.09 Å². The van der Waals surface area contributed by atoms with E-state index in [2.05, 4.69) is 5.32 Å². The minimum Gasteiger partial charge on any atom is -0.493 e. The van der Waals surface area contributed by atoms with Crippen LogP contribution in [0.1, 0.15) is 44.0 Å². The third-order valence-electron chi connectivity index (χ3n) is 2.54. The van der Waals surface area contributed by atoms with Crippen LogP contribution in [0.25, 0.3) is 0 Å². The van der Waals surface area contributed by atoms with E-state index in [1.54, 1.807) is 18.2 Å². The third-order valence-corrected chi connectivity index (χ3v) is 2.54. The van der Waals surface area contributed by atoms with Crippen LogP contribution in [-0.4, -0.2) is 31.1 Å². The van der Waals surface area contributed by atoms with E-state index in [1.165, 1.54) is 0 Å². The first-order valence-electron chi connectivity index (χ1n) is 7.06. The highest BCUT2D eigenvalue weighted by Crippen LogP contribution is 2.15. The topological polar surface area (TPSA) is 64.6 Å². The van der Waals surface area contributed by atoms with Crippen molar-refractivity contribution in [1.82, 2.24) is 5.32 Å². The van der Waals surface area contributed by atoms with E-state index in [9.17, 15) is 9.59 Å². The van der Waals surface area contributed by atoms with Crippen LogP contribution in [0.5, 0.6) is 5.75 Å². The second-order valence-corrected chi connectivity index (χ2v) is 5.64. The average molecular weight is 293 g/mol. The quantitative estimate of drug-likeness (QED) is 0.619. The van der Waals surface area contributed by atoms with Gasteiger partial charge in [0, 0.05) is 6.54 Å². The van der Waals surface area contributed by atoms with Gasteiger partial charge in [0.1, 0.15) is 11.4 Å². The SMILES string of the molecule is CC(C)(C)OC(=O)NCCCCOc1ccccc1C=O. The van der Waals surface area contributed by atoms with E-state index in [0.717, 1.165) is 19.1 Å². The van der Waals surface area contributed by atoms with Gasteiger partial charge in [-0.05, 0) is 45.7 Å². The highest BCUT2D eigenvalue weighted by Gasteiger charge is 2.15. The lowest BCUT2D eigenvalue weighted by Gasteiger charge is -2.19. The number of carbonyl (C=O) groups excluding carboxylic acids is 2. The Labute approximate surface area is 125 Å². The molecule has 116 valence electrons. The molecule has 0 aromatic heterocycles. The molecule has 0 spiro atoms. The molecule has 0 saturated carbocycles. The fourth-order valence-corrected chi connectivity index (χ4v) is 1.62. The molecule has 21 heavy (non-hydrogen) atoms. The molecule has 0 atom stereocenters. The van der Waals surface area contributed by atoms with Gasteiger partial charge in [0.15, 0.2) is 6.29 Å². The maximum Gasteiger partial charge on any atom is 0.407 e. The molecular formula is C16H23NO4. The number of nitrogens with one attached hydrogen (secondary N) is 1. The van der Waals surface area contributed by atoms with Gasteiger partial charge in [-0.3, -0.25) is 4.79 Å². The maximum atomic E-state index is 11.4. The second kappa shape index (κ2) is 8.29. The third kappa shape index (κ3) is 7.34. The van der Waals surface area contributed by atoms with Gasteiger partial charge in [-0.15, -0.1) is 0 Å². The Kier molecular flexibility index (Phi) is 6.72.